The quantitative estimate of drug-likeness (QED) is 0.506. The molecule has 5 nitrogen and oxygen atoms in total. The van der Waals surface area contributed by atoms with Gasteiger partial charge in [0, 0.05) is 22.7 Å². The number of nitrogens with two attached hydrogens (primary N) is 1. The molecule has 1 unspecified atom stereocenters. The summed E-state index contributed by atoms with van der Waals surface area (Å²) in [6.45, 7) is 6.27. The Balaban J connectivity index is 2.62. The zero-order valence-corrected chi connectivity index (χ0v) is 15.0. The number of pyridine rings is 1. The van der Waals surface area contributed by atoms with Crippen molar-refractivity contribution in [2.75, 3.05) is 12.3 Å². The first kappa shape index (κ1) is 19.6. The van der Waals surface area contributed by atoms with E-state index in [1.54, 1.807) is 6.92 Å². The van der Waals surface area contributed by atoms with E-state index < -0.39 is 6.04 Å². The van der Waals surface area contributed by atoms with Gasteiger partial charge in [-0.2, -0.15) is 0 Å². The fourth-order valence-electron chi connectivity index (χ4n) is 2.24. The second kappa shape index (κ2) is 10.4. The third-order valence-electron chi connectivity index (χ3n) is 3.43. The average molecular weight is 337 g/mol. The number of aromatic nitrogens is 1. The van der Waals surface area contributed by atoms with E-state index in [2.05, 4.69) is 10.3 Å². The van der Waals surface area contributed by atoms with E-state index in [0.29, 0.717) is 25.1 Å². The van der Waals surface area contributed by atoms with Gasteiger partial charge in [-0.25, -0.2) is 0 Å². The highest BCUT2D eigenvalue weighted by atomic mass is 32.2. The molecule has 128 valence electrons. The van der Waals surface area contributed by atoms with Crippen LogP contribution in [0.25, 0.3) is 0 Å². The minimum atomic E-state index is -0.412. The van der Waals surface area contributed by atoms with Crippen LogP contribution in [0.15, 0.2) is 17.0 Å². The van der Waals surface area contributed by atoms with Crippen molar-refractivity contribution in [2.45, 2.75) is 57.4 Å². The third-order valence-corrected chi connectivity index (χ3v) is 4.43. The summed E-state index contributed by atoms with van der Waals surface area (Å²) in [7, 11) is 0. The molecule has 0 fully saturated rings. The molecular formula is C17H27N3O2S. The summed E-state index contributed by atoms with van der Waals surface area (Å²) in [5.74, 6) is 0.317. The molecule has 0 aliphatic rings. The van der Waals surface area contributed by atoms with Crippen LogP contribution in [-0.4, -0.2) is 35.0 Å². The van der Waals surface area contributed by atoms with E-state index in [9.17, 15) is 9.59 Å². The Kier molecular flexibility index (Phi) is 8.87. The molecule has 1 atom stereocenters. The van der Waals surface area contributed by atoms with Gasteiger partial charge in [-0.15, -0.1) is 11.8 Å². The highest BCUT2D eigenvalue weighted by molar-refractivity contribution is 8.00. The van der Waals surface area contributed by atoms with Crippen LogP contribution in [0.3, 0.4) is 0 Å². The molecule has 23 heavy (non-hydrogen) atoms. The lowest BCUT2D eigenvalue weighted by Gasteiger charge is -2.17. The van der Waals surface area contributed by atoms with Crippen LogP contribution in [-0.2, 0) is 9.59 Å². The van der Waals surface area contributed by atoms with Crippen LogP contribution in [0, 0.1) is 13.8 Å². The monoisotopic (exact) mass is 337 g/mol. The van der Waals surface area contributed by atoms with Crippen molar-refractivity contribution in [3.63, 3.8) is 0 Å². The standard InChI is InChI=1S/C17H27N3O2S/c1-4-17(22)20-15(7-5-6-8-18)16(21)11-23-14-9-12(2)19-13(3)10-14/h9-10,15H,4-8,11,18H2,1-3H3,(H,20,22). The van der Waals surface area contributed by atoms with Crippen LogP contribution in [0.2, 0.25) is 0 Å². The first-order valence-electron chi connectivity index (χ1n) is 8.06. The normalized spacial score (nSPS) is 12.0. The Hall–Kier alpha value is -1.40. The summed E-state index contributed by atoms with van der Waals surface area (Å²) in [5.41, 5.74) is 7.39. The molecule has 0 aromatic carbocycles. The maximum atomic E-state index is 12.4. The van der Waals surface area contributed by atoms with E-state index in [-0.39, 0.29) is 11.7 Å². The number of carbonyl (C=O) groups excluding carboxylic acids is 2. The molecule has 1 aromatic heterocycles. The lowest BCUT2D eigenvalue weighted by molar-refractivity contribution is -0.126. The second-order valence-electron chi connectivity index (χ2n) is 5.60. The van der Waals surface area contributed by atoms with Crippen molar-refractivity contribution in [3.8, 4) is 0 Å². The van der Waals surface area contributed by atoms with E-state index in [0.717, 1.165) is 29.1 Å². The van der Waals surface area contributed by atoms with Crippen LogP contribution in [0.1, 0.15) is 44.0 Å². The van der Waals surface area contributed by atoms with Gasteiger partial charge in [0.25, 0.3) is 0 Å². The number of amides is 1. The summed E-state index contributed by atoms with van der Waals surface area (Å²) in [6.07, 6.45) is 2.74. The van der Waals surface area contributed by atoms with E-state index >= 15 is 0 Å². The molecule has 3 N–H and O–H groups in total. The van der Waals surface area contributed by atoms with Gasteiger partial charge in [-0.05, 0) is 51.8 Å². The predicted molar refractivity (Wildman–Crippen MR) is 94.6 cm³/mol. The van der Waals surface area contributed by atoms with Crippen molar-refractivity contribution in [2.24, 2.45) is 5.73 Å². The second-order valence-corrected chi connectivity index (χ2v) is 6.65. The summed E-state index contributed by atoms with van der Waals surface area (Å²) in [5, 5.41) is 2.83. The van der Waals surface area contributed by atoms with Gasteiger partial charge in [0.15, 0.2) is 5.78 Å². The van der Waals surface area contributed by atoms with Crippen molar-refractivity contribution in [3.05, 3.63) is 23.5 Å². The molecule has 1 heterocycles. The number of hydrogen-bond donors (Lipinski definition) is 2. The lowest BCUT2D eigenvalue weighted by atomic mass is 10.1. The number of rotatable bonds is 10. The molecule has 0 bridgehead atoms. The number of nitrogens with zero attached hydrogens (tertiary/aromatic N) is 1. The molecule has 0 saturated heterocycles. The Morgan fingerprint density at radius 1 is 1.26 bits per heavy atom. The van der Waals surface area contributed by atoms with E-state index in [1.165, 1.54) is 11.8 Å². The summed E-state index contributed by atoms with van der Waals surface area (Å²) in [6, 6.07) is 3.53. The third kappa shape index (κ3) is 7.61. The Bertz CT molecular complexity index is 514. The van der Waals surface area contributed by atoms with Crippen molar-refractivity contribution in [1.82, 2.24) is 10.3 Å². The average Bonchev–Trinajstić information content (AvgIpc) is 2.50. The minimum absolute atomic E-state index is 0.0564. The highest BCUT2D eigenvalue weighted by Crippen LogP contribution is 2.20. The molecule has 0 radical (unpaired) electrons. The molecule has 0 aliphatic heterocycles. The van der Waals surface area contributed by atoms with E-state index in [1.807, 2.05) is 26.0 Å². The summed E-state index contributed by atoms with van der Waals surface area (Å²) >= 11 is 1.49. The van der Waals surface area contributed by atoms with Gasteiger partial charge < -0.3 is 11.1 Å². The predicted octanol–water partition coefficient (Wildman–Crippen LogP) is 2.38. The SMILES string of the molecule is CCC(=O)NC(CCCCN)C(=O)CSc1cc(C)nc(C)c1. The largest absolute Gasteiger partial charge is 0.346 e. The zero-order valence-electron chi connectivity index (χ0n) is 14.2. The smallest absolute Gasteiger partial charge is 0.220 e. The maximum absolute atomic E-state index is 12.4. The number of nitrogens with one attached hydrogen (secondary N) is 1. The number of aryl methyl sites for hydroxylation is 2. The van der Waals surface area contributed by atoms with Gasteiger partial charge in [-0.3, -0.25) is 14.6 Å². The van der Waals surface area contributed by atoms with Crippen LogP contribution < -0.4 is 11.1 Å². The molecule has 0 spiro atoms. The van der Waals surface area contributed by atoms with Crippen LogP contribution in [0.5, 0.6) is 0 Å². The lowest BCUT2D eigenvalue weighted by Crippen LogP contribution is -2.41. The fourth-order valence-corrected chi connectivity index (χ4v) is 3.26. The molecule has 0 saturated carbocycles. The molecule has 1 amide bonds. The highest BCUT2D eigenvalue weighted by Gasteiger charge is 2.19. The maximum Gasteiger partial charge on any atom is 0.220 e. The minimum Gasteiger partial charge on any atom is -0.346 e. The van der Waals surface area contributed by atoms with Crippen molar-refractivity contribution in [1.29, 1.82) is 0 Å². The van der Waals surface area contributed by atoms with Gasteiger partial charge in [0.05, 0.1) is 11.8 Å². The fraction of sp³-hybridized carbons (Fsp3) is 0.588. The van der Waals surface area contributed by atoms with Gasteiger partial charge in [0.1, 0.15) is 0 Å². The van der Waals surface area contributed by atoms with E-state index in [4.69, 9.17) is 5.73 Å². The number of thioether (sulfide) groups is 1. The van der Waals surface area contributed by atoms with Crippen molar-refractivity contribution >= 4 is 23.5 Å². The number of Topliss-reactive ketones (excluding diaryl/α,β-unsaturated/α-hetero) is 1. The topological polar surface area (TPSA) is 85.1 Å². The molecule has 0 aliphatic carbocycles. The zero-order chi connectivity index (χ0) is 17.2. The Morgan fingerprint density at radius 3 is 2.48 bits per heavy atom. The molecule has 6 heteroatoms. The van der Waals surface area contributed by atoms with Crippen LogP contribution in [0.4, 0.5) is 0 Å². The summed E-state index contributed by atoms with van der Waals surface area (Å²) < 4.78 is 0. The Labute approximate surface area is 142 Å². The van der Waals surface area contributed by atoms with Gasteiger partial charge in [-0.1, -0.05) is 6.92 Å². The van der Waals surface area contributed by atoms with Crippen LogP contribution >= 0.6 is 11.8 Å². The number of ketones is 1. The first-order valence-corrected chi connectivity index (χ1v) is 9.05. The Morgan fingerprint density at radius 2 is 1.91 bits per heavy atom. The summed E-state index contributed by atoms with van der Waals surface area (Å²) in [4.78, 5) is 29.4. The number of hydrogen-bond acceptors (Lipinski definition) is 5. The number of unbranched alkanes of at least 4 members (excludes halogenated alkanes) is 1. The van der Waals surface area contributed by atoms with Crippen molar-refractivity contribution < 1.29 is 9.59 Å². The number of carbonyl (C=O) groups is 2. The van der Waals surface area contributed by atoms with Gasteiger partial charge in [0.2, 0.25) is 5.91 Å². The van der Waals surface area contributed by atoms with Gasteiger partial charge >= 0.3 is 0 Å². The first-order chi connectivity index (χ1) is 11.0. The molecule has 1 rings (SSSR count). The molecular weight excluding hydrogens is 310 g/mol. The molecule has 1 aromatic rings.